The van der Waals surface area contributed by atoms with Crippen LogP contribution in [0, 0.1) is 0 Å². The second kappa shape index (κ2) is 14.5. The molecular formula is C29H37N5O5. The number of β-amino-alcohol motifs (C(OH)–C–C–N with tert-alkyl or cyclic N) is 1. The zero-order valence-electron chi connectivity index (χ0n) is 22.1. The summed E-state index contributed by atoms with van der Waals surface area (Å²) in [5.41, 5.74) is 5.89. The standard InChI is InChI=1S/C29H37N5O5/c35-19-17-32-13-15-34(16-14-32)29(37)39-20-18-33(12-11-25-21-30-27-4-2-1-3-26(25)27)22-24-7-5-23(6-8-24)9-10-28(36)31-38/h1-10,21,30,35,38H,11-20,22H2,(H,31,36). The van der Waals surface area contributed by atoms with Gasteiger partial charge in [-0.2, -0.15) is 0 Å². The lowest BCUT2D eigenvalue weighted by Gasteiger charge is -2.33. The number of nitrogens with zero attached hydrogens (tertiary/aromatic N) is 3. The lowest BCUT2D eigenvalue weighted by molar-refractivity contribution is -0.124. The van der Waals surface area contributed by atoms with Gasteiger partial charge in [-0.05, 0) is 35.3 Å². The Morgan fingerprint density at radius 1 is 1.05 bits per heavy atom. The van der Waals surface area contributed by atoms with E-state index in [2.05, 4.69) is 33.1 Å². The number of hydroxylamine groups is 1. The Hall–Kier alpha value is -3.70. The number of nitrogens with one attached hydrogen (secondary N) is 2. The van der Waals surface area contributed by atoms with Crippen molar-refractivity contribution >= 4 is 29.0 Å². The third-order valence-electron chi connectivity index (χ3n) is 6.98. The molecule has 0 atom stereocenters. The number of benzene rings is 2. The van der Waals surface area contributed by atoms with Crippen LogP contribution in [0.1, 0.15) is 16.7 Å². The normalized spacial score (nSPS) is 14.4. The number of aliphatic hydroxyl groups excluding tert-OH is 1. The molecule has 0 unspecified atom stereocenters. The Bertz CT molecular complexity index is 1230. The highest BCUT2D eigenvalue weighted by Gasteiger charge is 2.22. The minimum atomic E-state index is -0.580. The van der Waals surface area contributed by atoms with Crippen molar-refractivity contribution in [2.75, 3.05) is 59.0 Å². The fourth-order valence-corrected chi connectivity index (χ4v) is 4.74. The van der Waals surface area contributed by atoms with Crippen molar-refractivity contribution in [1.82, 2.24) is 25.2 Å². The molecule has 0 saturated carbocycles. The number of ether oxygens (including phenoxy) is 1. The number of para-hydroxylation sites is 1. The predicted molar refractivity (Wildman–Crippen MR) is 149 cm³/mol. The number of amides is 2. The van der Waals surface area contributed by atoms with Crippen LogP contribution < -0.4 is 5.48 Å². The van der Waals surface area contributed by atoms with E-state index in [1.54, 1.807) is 16.5 Å². The topological polar surface area (TPSA) is 121 Å². The molecule has 0 radical (unpaired) electrons. The van der Waals surface area contributed by atoms with Gasteiger partial charge in [-0.1, -0.05) is 42.5 Å². The van der Waals surface area contributed by atoms with Crippen LogP contribution in [0.3, 0.4) is 0 Å². The number of piperazine rings is 1. The minimum absolute atomic E-state index is 0.124. The number of carbonyl (C=O) groups is 2. The Kier molecular flexibility index (Phi) is 10.5. The zero-order chi connectivity index (χ0) is 27.5. The van der Waals surface area contributed by atoms with Gasteiger partial charge in [0.05, 0.1) is 6.61 Å². The van der Waals surface area contributed by atoms with E-state index in [1.807, 2.05) is 36.4 Å². The van der Waals surface area contributed by atoms with Gasteiger partial charge in [0.2, 0.25) is 0 Å². The van der Waals surface area contributed by atoms with Crippen LogP contribution in [0.4, 0.5) is 4.79 Å². The maximum Gasteiger partial charge on any atom is 0.409 e. The minimum Gasteiger partial charge on any atom is -0.448 e. The van der Waals surface area contributed by atoms with E-state index < -0.39 is 5.91 Å². The molecule has 208 valence electrons. The summed E-state index contributed by atoms with van der Waals surface area (Å²) in [4.78, 5) is 33.3. The summed E-state index contributed by atoms with van der Waals surface area (Å²) >= 11 is 0. The summed E-state index contributed by atoms with van der Waals surface area (Å²) in [5.74, 6) is -0.580. The predicted octanol–water partition coefficient (Wildman–Crippen LogP) is 2.48. The SMILES string of the molecule is O=C(C=Cc1ccc(CN(CCOC(=O)N2CCN(CCO)CC2)CCc2c[nH]c3ccccc23)cc1)NO. The summed E-state index contributed by atoms with van der Waals surface area (Å²) in [5, 5.41) is 19.0. The molecule has 1 fully saturated rings. The van der Waals surface area contributed by atoms with Gasteiger partial charge in [-0.15, -0.1) is 0 Å². The Balaban J connectivity index is 1.34. The molecule has 3 aromatic rings. The van der Waals surface area contributed by atoms with E-state index in [4.69, 9.17) is 15.1 Å². The Labute approximate surface area is 228 Å². The second-order valence-electron chi connectivity index (χ2n) is 9.60. The number of hydrogen-bond donors (Lipinski definition) is 4. The monoisotopic (exact) mass is 535 g/mol. The molecule has 10 nitrogen and oxygen atoms in total. The van der Waals surface area contributed by atoms with Crippen LogP contribution >= 0.6 is 0 Å². The summed E-state index contributed by atoms with van der Waals surface area (Å²) in [6.07, 6.45) is 5.51. The van der Waals surface area contributed by atoms with Gasteiger partial charge in [-0.3, -0.25) is 19.8 Å². The second-order valence-corrected chi connectivity index (χ2v) is 9.60. The smallest absolute Gasteiger partial charge is 0.409 e. The van der Waals surface area contributed by atoms with Crippen molar-refractivity contribution in [2.45, 2.75) is 13.0 Å². The summed E-state index contributed by atoms with van der Waals surface area (Å²) < 4.78 is 5.64. The third kappa shape index (κ3) is 8.39. The number of fused-ring (bicyclic) bond motifs is 1. The molecular weight excluding hydrogens is 498 g/mol. The van der Waals surface area contributed by atoms with Crippen molar-refractivity contribution < 1.29 is 24.6 Å². The highest BCUT2D eigenvalue weighted by atomic mass is 16.6. The maximum absolute atomic E-state index is 12.6. The zero-order valence-corrected chi connectivity index (χ0v) is 22.1. The third-order valence-corrected chi connectivity index (χ3v) is 6.98. The number of H-pyrrole nitrogens is 1. The molecule has 1 aliphatic heterocycles. The molecule has 10 heteroatoms. The van der Waals surface area contributed by atoms with Crippen LogP contribution in [0.15, 0.2) is 60.8 Å². The number of rotatable bonds is 12. The maximum atomic E-state index is 12.6. The van der Waals surface area contributed by atoms with E-state index in [9.17, 15) is 9.59 Å². The first-order valence-corrected chi connectivity index (χ1v) is 13.3. The van der Waals surface area contributed by atoms with Gasteiger partial charge < -0.3 is 19.7 Å². The van der Waals surface area contributed by atoms with E-state index in [-0.39, 0.29) is 12.7 Å². The molecule has 2 amide bonds. The van der Waals surface area contributed by atoms with Gasteiger partial charge in [0.15, 0.2) is 0 Å². The van der Waals surface area contributed by atoms with Crippen LogP contribution in [-0.2, 0) is 22.5 Å². The summed E-state index contributed by atoms with van der Waals surface area (Å²) in [7, 11) is 0. The number of aromatic nitrogens is 1. The van der Waals surface area contributed by atoms with E-state index in [1.165, 1.54) is 17.0 Å². The molecule has 4 N–H and O–H groups in total. The fourth-order valence-electron chi connectivity index (χ4n) is 4.74. The molecule has 0 spiro atoms. The highest BCUT2D eigenvalue weighted by Crippen LogP contribution is 2.19. The van der Waals surface area contributed by atoms with E-state index in [0.29, 0.717) is 39.3 Å². The lowest BCUT2D eigenvalue weighted by atomic mass is 10.1. The Morgan fingerprint density at radius 2 is 1.82 bits per heavy atom. The molecule has 1 aliphatic rings. The van der Waals surface area contributed by atoms with Gasteiger partial charge in [0, 0.05) is 75.5 Å². The van der Waals surface area contributed by atoms with E-state index >= 15 is 0 Å². The van der Waals surface area contributed by atoms with Crippen molar-refractivity contribution in [3.63, 3.8) is 0 Å². The highest BCUT2D eigenvalue weighted by molar-refractivity contribution is 5.90. The molecule has 2 aromatic carbocycles. The fraction of sp³-hybridized carbons (Fsp3) is 0.379. The number of carbonyl (C=O) groups excluding carboxylic acids is 2. The van der Waals surface area contributed by atoms with E-state index in [0.717, 1.165) is 42.7 Å². The first-order valence-electron chi connectivity index (χ1n) is 13.3. The molecule has 1 saturated heterocycles. The molecule has 0 aliphatic carbocycles. The van der Waals surface area contributed by atoms with Crippen molar-refractivity contribution in [1.29, 1.82) is 0 Å². The number of aromatic amines is 1. The van der Waals surface area contributed by atoms with Crippen molar-refractivity contribution in [2.24, 2.45) is 0 Å². The van der Waals surface area contributed by atoms with Crippen LogP contribution in [0.5, 0.6) is 0 Å². The number of aliphatic hydroxyl groups is 1. The van der Waals surface area contributed by atoms with Crippen molar-refractivity contribution in [3.8, 4) is 0 Å². The quantitative estimate of drug-likeness (QED) is 0.160. The lowest BCUT2D eigenvalue weighted by Crippen LogP contribution is -2.49. The molecule has 0 bridgehead atoms. The average molecular weight is 536 g/mol. The molecule has 2 heterocycles. The first kappa shape index (κ1) is 28.3. The summed E-state index contributed by atoms with van der Waals surface area (Å²) in [6.45, 7) is 5.79. The van der Waals surface area contributed by atoms with Gasteiger partial charge in [0.25, 0.3) is 5.91 Å². The first-order chi connectivity index (χ1) is 19.1. The molecule has 39 heavy (non-hydrogen) atoms. The summed E-state index contributed by atoms with van der Waals surface area (Å²) in [6, 6.07) is 16.1. The van der Waals surface area contributed by atoms with Gasteiger partial charge in [-0.25, -0.2) is 10.3 Å². The van der Waals surface area contributed by atoms with Crippen LogP contribution in [0.25, 0.3) is 17.0 Å². The molecule has 1 aromatic heterocycles. The Morgan fingerprint density at radius 3 is 2.56 bits per heavy atom. The largest absolute Gasteiger partial charge is 0.448 e. The van der Waals surface area contributed by atoms with Crippen LogP contribution in [0.2, 0.25) is 0 Å². The van der Waals surface area contributed by atoms with Gasteiger partial charge in [0.1, 0.15) is 6.61 Å². The van der Waals surface area contributed by atoms with Crippen LogP contribution in [-0.4, -0.2) is 101 Å². The van der Waals surface area contributed by atoms with Gasteiger partial charge >= 0.3 is 6.09 Å². The molecule has 4 rings (SSSR count). The van der Waals surface area contributed by atoms with Crippen molar-refractivity contribution in [3.05, 3.63) is 77.5 Å². The average Bonchev–Trinajstić information content (AvgIpc) is 3.38. The number of hydrogen-bond acceptors (Lipinski definition) is 7.